The number of carboxylic acid groups (broad SMARTS) is 1. The summed E-state index contributed by atoms with van der Waals surface area (Å²) in [4.78, 5) is 24.8. The number of fused-ring (bicyclic) bond motifs is 1. The highest BCUT2D eigenvalue weighted by Crippen LogP contribution is 2.41. The standard InChI is InChI=1S/C17H18N4O4S/c22-17(23)13-9-18-16-14(13)15(19-10-20-16)11-1-3-12(4-2-11)21-5-7-26(24,25)8-6-21/h1-4,9-10,24-25H,5-8H2,(H,22,23)(H,18,19,20). The summed E-state index contributed by atoms with van der Waals surface area (Å²) in [5, 5.41) is 9.86. The minimum Gasteiger partial charge on any atom is -0.478 e. The van der Waals surface area contributed by atoms with Crippen molar-refractivity contribution >= 4 is 33.3 Å². The van der Waals surface area contributed by atoms with Crippen molar-refractivity contribution in [2.45, 2.75) is 0 Å². The number of carbonyl (C=O) groups is 1. The fourth-order valence-corrected chi connectivity index (χ4v) is 4.40. The molecule has 4 rings (SSSR count). The Kier molecular flexibility index (Phi) is 4.06. The molecule has 0 saturated carbocycles. The van der Waals surface area contributed by atoms with Gasteiger partial charge < -0.3 is 15.0 Å². The Morgan fingerprint density at radius 2 is 1.81 bits per heavy atom. The zero-order valence-corrected chi connectivity index (χ0v) is 14.6. The molecule has 0 bridgehead atoms. The van der Waals surface area contributed by atoms with Crippen molar-refractivity contribution in [3.8, 4) is 11.3 Å². The SMILES string of the molecule is O=C(O)c1c[nH]c2ncnc(-c3ccc(N4CCS(O)(O)CC4)cc3)c12. The van der Waals surface area contributed by atoms with Crippen LogP contribution < -0.4 is 4.90 Å². The van der Waals surface area contributed by atoms with E-state index in [0.29, 0.717) is 41.3 Å². The first kappa shape index (κ1) is 16.8. The fourth-order valence-electron chi connectivity index (χ4n) is 3.17. The van der Waals surface area contributed by atoms with Crippen LogP contribution in [0.15, 0.2) is 36.8 Å². The van der Waals surface area contributed by atoms with Crippen LogP contribution in [0, 0.1) is 0 Å². The van der Waals surface area contributed by atoms with Gasteiger partial charge >= 0.3 is 5.97 Å². The number of aromatic amines is 1. The van der Waals surface area contributed by atoms with E-state index >= 15 is 0 Å². The summed E-state index contributed by atoms with van der Waals surface area (Å²) in [5.74, 6) is -0.268. The Labute approximate surface area is 150 Å². The van der Waals surface area contributed by atoms with Crippen LogP contribution in [0.2, 0.25) is 0 Å². The van der Waals surface area contributed by atoms with Crippen LogP contribution in [0.25, 0.3) is 22.3 Å². The summed E-state index contributed by atoms with van der Waals surface area (Å²) < 4.78 is 19.5. The molecule has 3 heterocycles. The van der Waals surface area contributed by atoms with Gasteiger partial charge in [-0.15, -0.1) is 0 Å². The molecule has 1 saturated heterocycles. The van der Waals surface area contributed by atoms with E-state index in [2.05, 4.69) is 19.9 Å². The molecule has 0 unspecified atom stereocenters. The number of hydrogen-bond donors (Lipinski definition) is 4. The zero-order valence-electron chi connectivity index (χ0n) is 13.8. The first-order chi connectivity index (χ1) is 12.4. The summed E-state index contributed by atoms with van der Waals surface area (Å²) in [7, 11) is -2.42. The maximum Gasteiger partial charge on any atom is 0.338 e. The Hall–Kier alpha value is -2.62. The largest absolute Gasteiger partial charge is 0.478 e. The molecule has 8 nitrogen and oxygen atoms in total. The number of anilines is 1. The van der Waals surface area contributed by atoms with Crippen molar-refractivity contribution in [1.29, 1.82) is 0 Å². The molecule has 3 aromatic rings. The number of rotatable bonds is 3. The van der Waals surface area contributed by atoms with E-state index < -0.39 is 16.6 Å². The second kappa shape index (κ2) is 6.27. The quantitative estimate of drug-likeness (QED) is 0.556. The van der Waals surface area contributed by atoms with Gasteiger partial charge in [0.05, 0.1) is 28.1 Å². The molecule has 0 atom stereocenters. The molecule has 1 aliphatic rings. The molecular formula is C17H18N4O4S. The molecule has 1 aliphatic heterocycles. The van der Waals surface area contributed by atoms with Crippen molar-refractivity contribution in [3.05, 3.63) is 42.4 Å². The van der Waals surface area contributed by atoms with E-state index in [1.54, 1.807) is 0 Å². The predicted octanol–water partition coefficient (Wildman–Crippen LogP) is 2.89. The number of nitrogens with one attached hydrogen (secondary N) is 1. The molecule has 0 aliphatic carbocycles. The van der Waals surface area contributed by atoms with Gasteiger partial charge in [0, 0.05) is 30.5 Å². The monoisotopic (exact) mass is 374 g/mol. The van der Waals surface area contributed by atoms with Gasteiger partial charge in [0.1, 0.15) is 12.0 Å². The average molecular weight is 374 g/mol. The normalized spacial score (nSPS) is 18.0. The third kappa shape index (κ3) is 3.00. The molecule has 136 valence electrons. The van der Waals surface area contributed by atoms with Crippen molar-refractivity contribution in [3.63, 3.8) is 0 Å². The van der Waals surface area contributed by atoms with Crippen LogP contribution >= 0.6 is 10.6 Å². The third-order valence-corrected chi connectivity index (χ3v) is 6.26. The lowest BCUT2D eigenvalue weighted by Gasteiger charge is -2.41. The highest BCUT2D eigenvalue weighted by molar-refractivity contribution is 8.24. The van der Waals surface area contributed by atoms with Gasteiger partial charge in [0.15, 0.2) is 0 Å². The highest BCUT2D eigenvalue weighted by atomic mass is 32.3. The number of nitrogens with zero attached hydrogens (tertiary/aromatic N) is 3. The van der Waals surface area contributed by atoms with Gasteiger partial charge in [-0.3, -0.25) is 9.11 Å². The number of benzene rings is 1. The number of hydrogen-bond acceptors (Lipinski definition) is 6. The topological polar surface area (TPSA) is 123 Å². The van der Waals surface area contributed by atoms with Crippen LogP contribution in [0.5, 0.6) is 0 Å². The number of aromatic carboxylic acids is 1. The average Bonchev–Trinajstić information content (AvgIpc) is 3.06. The minimum absolute atomic E-state index is 0.140. The van der Waals surface area contributed by atoms with Crippen LogP contribution in [0.4, 0.5) is 5.69 Å². The zero-order chi connectivity index (χ0) is 18.3. The summed E-state index contributed by atoms with van der Waals surface area (Å²) in [5.41, 5.74) is 2.97. The Morgan fingerprint density at radius 1 is 1.12 bits per heavy atom. The summed E-state index contributed by atoms with van der Waals surface area (Å²) >= 11 is 0. The number of carboxylic acids is 1. The van der Waals surface area contributed by atoms with E-state index in [-0.39, 0.29) is 5.56 Å². The predicted molar refractivity (Wildman–Crippen MR) is 101 cm³/mol. The van der Waals surface area contributed by atoms with Crippen molar-refractivity contribution in [2.75, 3.05) is 29.5 Å². The first-order valence-corrected chi connectivity index (χ1v) is 9.97. The van der Waals surface area contributed by atoms with Gasteiger partial charge in [-0.1, -0.05) is 12.1 Å². The van der Waals surface area contributed by atoms with Gasteiger partial charge in [0.25, 0.3) is 0 Å². The lowest BCUT2D eigenvalue weighted by atomic mass is 10.1. The lowest BCUT2D eigenvalue weighted by Crippen LogP contribution is -2.38. The van der Waals surface area contributed by atoms with Gasteiger partial charge in [0.2, 0.25) is 0 Å². The van der Waals surface area contributed by atoms with E-state index in [9.17, 15) is 19.0 Å². The smallest absolute Gasteiger partial charge is 0.338 e. The van der Waals surface area contributed by atoms with Gasteiger partial charge in [-0.25, -0.2) is 14.8 Å². The molecule has 1 aromatic carbocycles. The van der Waals surface area contributed by atoms with Crippen LogP contribution in [0.3, 0.4) is 0 Å². The molecule has 26 heavy (non-hydrogen) atoms. The molecule has 2 aromatic heterocycles. The van der Waals surface area contributed by atoms with Crippen molar-refractivity contribution in [2.24, 2.45) is 0 Å². The van der Waals surface area contributed by atoms with E-state index in [0.717, 1.165) is 11.3 Å². The van der Waals surface area contributed by atoms with Crippen LogP contribution in [0.1, 0.15) is 10.4 Å². The Balaban J connectivity index is 1.67. The fraction of sp³-hybridized carbons (Fsp3) is 0.235. The van der Waals surface area contributed by atoms with Gasteiger partial charge in [-0.05, 0) is 12.1 Å². The van der Waals surface area contributed by atoms with Crippen molar-refractivity contribution in [1.82, 2.24) is 15.0 Å². The summed E-state index contributed by atoms with van der Waals surface area (Å²) in [6, 6.07) is 7.66. The molecule has 4 N–H and O–H groups in total. The molecule has 0 amide bonds. The molecule has 9 heteroatoms. The number of H-pyrrole nitrogens is 1. The second-order valence-electron chi connectivity index (χ2n) is 6.20. The maximum atomic E-state index is 11.5. The molecular weight excluding hydrogens is 356 g/mol. The van der Waals surface area contributed by atoms with Crippen molar-refractivity contribution < 1.29 is 19.0 Å². The third-order valence-electron chi connectivity index (χ3n) is 4.58. The van der Waals surface area contributed by atoms with E-state index in [1.807, 2.05) is 24.3 Å². The molecule has 0 spiro atoms. The lowest BCUT2D eigenvalue weighted by molar-refractivity contribution is 0.0699. The highest BCUT2D eigenvalue weighted by Gasteiger charge is 2.22. The van der Waals surface area contributed by atoms with Gasteiger partial charge in [-0.2, -0.15) is 10.6 Å². The first-order valence-electron chi connectivity index (χ1n) is 8.09. The molecule has 1 fully saturated rings. The van der Waals surface area contributed by atoms with E-state index in [4.69, 9.17) is 0 Å². The second-order valence-corrected chi connectivity index (χ2v) is 8.62. The van der Waals surface area contributed by atoms with Crippen LogP contribution in [-0.2, 0) is 0 Å². The Morgan fingerprint density at radius 3 is 2.46 bits per heavy atom. The van der Waals surface area contributed by atoms with E-state index in [1.165, 1.54) is 12.5 Å². The Bertz CT molecular complexity index is 961. The summed E-state index contributed by atoms with van der Waals surface area (Å²) in [6.07, 6.45) is 2.83. The minimum atomic E-state index is -2.42. The van der Waals surface area contributed by atoms with Crippen LogP contribution in [-0.4, -0.2) is 59.7 Å². The molecule has 0 radical (unpaired) electrons. The number of aromatic nitrogens is 3. The summed E-state index contributed by atoms with van der Waals surface area (Å²) in [6.45, 7) is 1.20. The maximum absolute atomic E-state index is 11.5.